The van der Waals surface area contributed by atoms with Crippen LogP contribution in [-0.4, -0.2) is 34.4 Å². The van der Waals surface area contributed by atoms with E-state index in [1.54, 1.807) is 33.5 Å². The molecular formula is C19H22O5. The third-order valence-electron chi connectivity index (χ3n) is 3.86. The molecule has 0 N–H and O–H groups in total. The van der Waals surface area contributed by atoms with Crippen LogP contribution in [0.3, 0.4) is 0 Å². The Balaban J connectivity index is 2.17. The first-order chi connectivity index (χ1) is 11.6. The maximum absolute atomic E-state index is 11.5. The Morgan fingerprint density at radius 3 is 1.88 bits per heavy atom. The van der Waals surface area contributed by atoms with Gasteiger partial charge in [-0.05, 0) is 30.5 Å². The van der Waals surface area contributed by atoms with Crippen LogP contribution in [0.5, 0.6) is 17.2 Å². The quantitative estimate of drug-likeness (QED) is 0.729. The van der Waals surface area contributed by atoms with Crippen LogP contribution in [0.15, 0.2) is 36.4 Å². The summed E-state index contributed by atoms with van der Waals surface area (Å²) in [7, 11) is 6.24. The molecule has 0 atom stereocenters. The van der Waals surface area contributed by atoms with Crippen LogP contribution >= 0.6 is 0 Å². The van der Waals surface area contributed by atoms with Crippen molar-refractivity contribution in [2.24, 2.45) is 0 Å². The van der Waals surface area contributed by atoms with Crippen LogP contribution in [-0.2, 0) is 17.6 Å². The molecule has 0 amide bonds. The van der Waals surface area contributed by atoms with Crippen molar-refractivity contribution in [3.63, 3.8) is 0 Å². The molecule has 24 heavy (non-hydrogen) atoms. The summed E-state index contributed by atoms with van der Waals surface area (Å²) < 4.78 is 20.9. The molecule has 0 heterocycles. The van der Waals surface area contributed by atoms with Crippen LogP contribution in [0.2, 0.25) is 0 Å². The van der Waals surface area contributed by atoms with Crippen molar-refractivity contribution in [3.05, 3.63) is 53.1 Å². The molecule has 0 aromatic heterocycles. The molecule has 5 heteroatoms. The van der Waals surface area contributed by atoms with Gasteiger partial charge in [-0.25, -0.2) is 4.79 Å². The number of methoxy groups -OCH3 is 4. The Bertz CT molecular complexity index is 666. The lowest BCUT2D eigenvalue weighted by atomic mass is 10.0. The molecule has 0 aliphatic heterocycles. The summed E-state index contributed by atoms with van der Waals surface area (Å²) >= 11 is 0. The molecule has 0 saturated heterocycles. The van der Waals surface area contributed by atoms with E-state index in [1.165, 1.54) is 7.11 Å². The number of benzene rings is 2. The predicted molar refractivity (Wildman–Crippen MR) is 91.3 cm³/mol. The first-order valence-electron chi connectivity index (χ1n) is 7.59. The van der Waals surface area contributed by atoms with E-state index in [-0.39, 0.29) is 5.97 Å². The summed E-state index contributed by atoms with van der Waals surface area (Å²) in [6.07, 6.45) is 1.54. The maximum Gasteiger partial charge on any atom is 0.337 e. The highest BCUT2D eigenvalue weighted by molar-refractivity contribution is 5.89. The average molecular weight is 330 g/mol. The number of aryl methyl sites for hydroxylation is 1. The Labute approximate surface area is 142 Å². The molecule has 5 nitrogen and oxygen atoms in total. The third kappa shape index (κ3) is 3.98. The van der Waals surface area contributed by atoms with Gasteiger partial charge in [0, 0.05) is 17.7 Å². The largest absolute Gasteiger partial charge is 0.496 e. The fraction of sp³-hybridized carbons (Fsp3) is 0.316. The van der Waals surface area contributed by atoms with E-state index >= 15 is 0 Å². The van der Waals surface area contributed by atoms with Crippen molar-refractivity contribution in [2.45, 2.75) is 12.8 Å². The van der Waals surface area contributed by atoms with Crippen LogP contribution in [0.4, 0.5) is 0 Å². The Morgan fingerprint density at radius 1 is 0.833 bits per heavy atom. The summed E-state index contributed by atoms with van der Waals surface area (Å²) in [5.74, 6) is 1.82. The van der Waals surface area contributed by atoms with Crippen LogP contribution in [0.25, 0.3) is 0 Å². The number of hydrogen-bond donors (Lipinski definition) is 0. The number of hydrogen-bond acceptors (Lipinski definition) is 5. The van der Waals surface area contributed by atoms with Gasteiger partial charge in [0.15, 0.2) is 0 Å². The second-order valence-corrected chi connectivity index (χ2v) is 5.20. The minimum Gasteiger partial charge on any atom is -0.496 e. The topological polar surface area (TPSA) is 54.0 Å². The number of esters is 1. The van der Waals surface area contributed by atoms with E-state index < -0.39 is 0 Å². The molecule has 0 spiro atoms. The summed E-state index contributed by atoms with van der Waals surface area (Å²) in [5, 5.41) is 0. The molecule has 0 radical (unpaired) electrons. The van der Waals surface area contributed by atoms with E-state index in [9.17, 15) is 4.79 Å². The molecule has 0 bridgehead atoms. The standard InChI is InChI=1S/C19H22O5/c1-21-15-11-17(22-2)16(18(12-15)23-3)10-7-13-5-8-14(9-6-13)19(20)24-4/h5-6,8-9,11-12H,7,10H2,1-4H3. The number of carbonyl (C=O) groups excluding carboxylic acids is 1. The zero-order chi connectivity index (χ0) is 17.5. The van der Waals surface area contributed by atoms with Gasteiger partial charge in [-0.15, -0.1) is 0 Å². The molecule has 0 saturated carbocycles. The van der Waals surface area contributed by atoms with Gasteiger partial charge >= 0.3 is 5.97 Å². The fourth-order valence-corrected chi connectivity index (χ4v) is 2.52. The van der Waals surface area contributed by atoms with Crippen molar-refractivity contribution >= 4 is 5.97 Å². The van der Waals surface area contributed by atoms with Gasteiger partial charge in [-0.2, -0.15) is 0 Å². The molecule has 2 aromatic rings. The van der Waals surface area contributed by atoms with Gasteiger partial charge in [0.2, 0.25) is 0 Å². The highest BCUT2D eigenvalue weighted by atomic mass is 16.5. The van der Waals surface area contributed by atoms with Crippen molar-refractivity contribution in [2.75, 3.05) is 28.4 Å². The normalized spacial score (nSPS) is 10.2. The van der Waals surface area contributed by atoms with Gasteiger partial charge in [-0.1, -0.05) is 12.1 Å². The summed E-state index contributed by atoms with van der Waals surface area (Å²) in [4.78, 5) is 11.5. The number of carbonyl (C=O) groups is 1. The SMILES string of the molecule is COC(=O)c1ccc(CCc2c(OC)cc(OC)cc2OC)cc1. The zero-order valence-electron chi connectivity index (χ0n) is 14.4. The Hall–Kier alpha value is -2.69. The van der Waals surface area contributed by atoms with E-state index in [0.29, 0.717) is 11.3 Å². The van der Waals surface area contributed by atoms with Crippen LogP contribution in [0.1, 0.15) is 21.5 Å². The molecule has 2 aromatic carbocycles. The van der Waals surface area contributed by atoms with E-state index in [4.69, 9.17) is 18.9 Å². The van der Waals surface area contributed by atoms with Gasteiger partial charge in [-0.3, -0.25) is 0 Å². The number of rotatable bonds is 7. The minimum absolute atomic E-state index is 0.333. The van der Waals surface area contributed by atoms with Crippen molar-refractivity contribution in [1.82, 2.24) is 0 Å². The van der Waals surface area contributed by atoms with E-state index in [1.807, 2.05) is 24.3 Å². The third-order valence-corrected chi connectivity index (χ3v) is 3.86. The van der Waals surface area contributed by atoms with Gasteiger partial charge in [0.05, 0.1) is 34.0 Å². The van der Waals surface area contributed by atoms with Crippen LogP contribution in [0, 0.1) is 0 Å². The molecule has 0 unspecified atom stereocenters. The number of ether oxygens (including phenoxy) is 4. The monoisotopic (exact) mass is 330 g/mol. The molecule has 0 aliphatic carbocycles. The summed E-state index contributed by atoms with van der Waals surface area (Å²) in [5.41, 5.74) is 2.64. The minimum atomic E-state index is -0.333. The first kappa shape index (κ1) is 17.7. The van der Waals surface area contributed by atoms with Crippen molar-refractivity contribution in [3.8, 4) is 17.2 Å². The lowest BCUT2D eigenvalue weighted by Gasteiger charge is -2.15. The highest BCUT2D eigenvalue weighted by Crippen LogP contribution is 2.34. The summed E-state index contributed by atoms with van der Waals surface area (Å²) in [6, 6.07) is 11.1. The predicted octanol–water partition coefficient (Wildman–Crippen LogP) is 3.28. The second kappa shape index (κ2) is 8.24. The molecule has 128 valence electrons. The van der Waals surface area contributed by atoms with Gasteiger partial charge < -0.3 is 18.9 Å². The van der Waals surface area contributed by atoms with Gasteiger partial charge in [0.1, 0.15) is 17.2 Å². The smallest absolute Gasteiger partial charge is 0.337 e. The Kier molecular flexibility index (Phi) is 6.07. The maximum atomic E-state index is 11.5. The average Bonchev–Trinajstić information content (AvgIpc) is 2.65. The van der Waals surface area contributed by atoms with E-state index in [2.05, 4.69) is 0 Å². The summed E-state index contributed by atoms with van der Waals surface area (Å²) in [6.45, 7) is 0. The Morgan fingerprint density at radius 2 is 1.42 bits per heavy atom. The molecular weight excluding hydrogens is 308 g/mol. The van der Waals surface area contributed by atoms with Crippen molar-refractivity contribution < 1.29 is 23.7 Å². The molecule has 0 fully saturated rings. The van der Waals surface area contributed by atoms with E-state index in [0.717, 1.165) is 35.5 Å². The lowest BCUT2D eigenvalue weighted by molar-refractivity contribution is 0.0600. The van der Waals surface area contributed by atoms with Crippen molar-refractivity contribution in [1.29, 1.82) is 0 Å². The molecule has 2 rings (SSSR count). The fourth-order valence-electron chi connectivity index (χ4n) is 2.52. The highest BCUT2D eigenvalue weighted by Gasteiger charge is 2.13. The first-order valence-corrected chi connectivity index (χ1v) is 7.59. The van der Waals surface area contributed by atoms with Gasteiger partial charge in [0.25, 0.3) is 0 Å². The van der Waals surface area contributed by atoms with Crippen LogP contribution < -0.4 is 14.2 Å². The zero-order valence-corrected chi connectivity index (χ0v) is 14.4. The molecule has 0 aliphatic rings. The second-order valence-electron chi connectivity index (χ2n) is 5.20. The lowest BCUT2D eigenvalue weighted by Crippen LogP contribution is -2.02.